The van der Waals surface area contributed by atoms with E-state index in [1.807, 2.05) is 6.92 Å². The average Bonchev–Trinajstić information content (AvgIpc) is 2.64. The lowest BCUT2D eigenvalue weighted by Crippen LogP contribution is -2.36. The van der Waals surface area contributed by atoms with Gasteiger partial charge in [-0.25, -0.2) is 0 Å². The van der Waals surface area contributed by atoms with Crippen LogP contribution in [0.4, 0.5) is 0 Å². The van der Waals surface area contributed by atoms with Crippen molar-refractivity contribution in [2.75, 3.05) is 27.3 Å². The van der Waals surface area contributed by atoms with Gasteiger partial charge in [-0.15, -0.1) is 0 Å². The average molecular weight is 227 g/mol. The molecule has 0 aliphatic heterocycles. The first-order valence-electron chi connectivity index (χ1n) is 4.99. The van der Waals surface area contributed by atoms with E-state index in [-0.39, 0.29) is 19.1 Å². The summed E-state index contributed by atoms with van der Waals surface area (Å²) in [5.41, 5.74) is 1.18. The van der Waals surface area contributed by atoms with Crippen LogP contribution in [0.25, 0.3) is 0 Å². The number of aromatic amines is 1. The highest BCUT2D eigenvalue weighted by Crippen LogP contribution is 2.02. The van der Waals surface area contributed by atoms with Crippen LogP contribution in [0.5, 0.6) is 0 Å². The second-order valence-electron chi connectivity index (χ2n) is 3.73. The zero-order valence-electron chi connectivity index (χ0n) is 9.73. The maximum Gasteiger partial charge on any atom is 0.274 e. The summed E-state index contributed by atoms with van der Waals surface area (Å²) < 4.78 is 4.78. The standard InChI is InChI=1S/C10H17N3O3/c1-7-4-9(12-11-7)10(15)13(2)5-8(14)6-16-3/h4,8,14H,5-6H2,1-3H3,(H,11,12). The second kappa shape index (κ2) is 5.62. The van der Waals surface area contributed by atoms with E-state index in [9.17, 15) is 9.90 Å². The van der Waals surface area contributed by atoms with Crippen molar-refractivity contribution in [2.24, 2.45) is 0 Å². The van der Waals surface area contributed by atoms with Crippen molar-refractivity contribution in [3.8, 4) is 0 Å². The Balaban J connectivity index is 2.54. The Hall–Kier alpha value is -1.40. The van der Waals surface area contributed by atoms with E-state index in [2.05, 4.69) is 10.2 Å². The molecule has 0 fully saturated rings. The molecule has 0 aliphatic carbocycles. The molecule has 0 aliphatic rings. The Morgan fingerprint density at radius 2 is 2.44 bits per heavy atom. The molecule has 6 nitrogen and oxygen atoms in total. The van der Waals surface area contributed by atoms with E-state index in [0.717, 1.165) is 5.69 Å². The molecule has 0 saturated carbocycles. The van der Waals surface area contributed by atoms with E-state index in [0.29, 0.717) is 5.69 Å². The normalized spacial score (nSPS) is 12.5. The van der Waals surface area contributed by atoms with Gasteiger partial charge in [0.1, 0.15) is 5.69 Å². The lowest BCUT2D eigenvalue weighted by molar-refractivity contribution is 0.0378. The first-order chi connectivity index (χ1) is 7.54. The van der Waals surface area contributed by atoms with Gasteiger partial charge in [0.25, 0.3) is 5.91 Å². The van der Waals surface area contributed by atoms with E-state index in [1.54, 1.807) is 13.1 Å². The summed E-state index contributed by atoms with van der Waals surface area (Å²) in [5, 5.41) is 16.0. The molecule has 1 heterocycles. The van der Waals surface area contributed by atoms with Crippen molar-refractivity contribution in [2.45, 2.75) is 13.0 Å². The number of nitrogens with zero attached hydrogens (tertiary/aromatic N) is 2. The van der Waals surface area contributed by atoms with Crippen molar-refractivity contribution in [3.63, 3.8) is 0 Å². The molecule has 0 spiro atoms. The van der Waals surface area contributed by atoms with Crippen LogP contribution in [0.15, 0.2) is 6.07 Å². The minimum absolute atomic E-state index is 0.206. The molecule has 1 amide bonds. The number of likely N-dealkylation sites (N-methyl/N-ethyl adjacent to an activating group) is 1. The molecule has 1 aromatic rings. The highest BCUT2D eigenvalue weighted by atomic mass is 16.5. The fourth-order valence-electron chi connectivity index (χ4n) is 1.37. The van der Waals surface area contributed by atoms with E-state index in [4.69, 9.17) is 4.74 Å². The Morgan fingerprint density at radius 3 is 2.94 bits per heavy atom. The zero-order valence-corrected chi connectivity index (χ0v) is 9.73. The molecule has 1 unspecified atom stereocenters. The predicted molar refractivity (Wildman–Crippen MR) is 58.2 cm³/mol. The summed E-state index contributed by atoms with van der Waals surface area (Å²) >= 11 is 0. The summed E-state index contributed by atoms with van der Waals surface area (Å²) in [4.78, 5) is 13.2. The third-order valence-electron chi connectivity index (χ3n) is 2.12. The third kappa shape index (κ3) is 3.32. The molecule has 0 bridgehead atoms. The van der Waals surface area contributed by atoms with Gasteiger partial charge in [-0.2, -0.15) is 5.10 Å². The number of aliphatic hydroxyl groups excluding tert-OH is 1. The molecule has 16 heavy (non-hydrogen) atoms. The van der Waals surface area contributed by atoms with Crippen LogP contribution < -0.4 is 0 Å². The number of nitrogens with one attached hydrogen (secondary N) is 1. The van der Waals surface area contributed by atoms with E-state index >= 15 is 0 Å². The summed E-state index contributed by atoms with van der Waals surface area (Å²) in [7, 11) is 3.12. The summed E-state index contributed by atoms with van der Waals surface area (Å²) in [6.45, 7) is 2.25. The Kier molecular flexibility index (Phi) is 4.45. The van der Waals surface area contributed by atoms with Crippen LogP contribution in [0, 0.1) is 6.92 Å². The fourth-order valence-corrected chi connectivity index (χ4v) is 1.37. The molecule has 1 rings (SSSR count). The minimum atomic E-state index is -0.681. The predicted octanol–water partition coefficient (Wildman–Crippen LogP) is -0.203. The zero-order chi connectivity index (χ0) is 12.1. The maximum atomic E-state index is 11.8. The van der Waals surface area contributed by atoms with Crippen LogP contribution in [-0.4, -0.2) is 59.5 Å². The van der Waals surface area contributed by atoms with Gasteiger partial charge >= 0.3 is 0 Å². The topological polar surface area (TPSA) is 78.5 Å². The number of rotatable bonds is 5. The van der Waals surface area contributed by atoms with Crippen LogP contribution >= 0.6 is 0 Å². The number of aryl methyl sites for hydroxylation is 1. The third-order valence-corrected chi connectivity index (χ3v) is 2.12. The smallest absolute Gasteiger partial charge is 0.274 e. The van der Waals surface area contributed by atoms with Gasteiger partial charge in [0.2, 0.25) is 0 Å². The van der Waals surface area contributed by atoms with Crippen LogP contribution in [-0.2, 0) is 4.74 Å². The Bertz CT molecular complexity index is 351. The van der Waals surface area contributed by atoms with Gasteiger partial charge in [0.05, 0.1) is 12.7 Å². The molecule has 1 atom stereocenters. The lowest BCUT2D eigenvalue weighted by Gasteiger charge is -2.19. The first kappa shape index (κ1) is 12.7. The molecule has 0 radical (unpaired) electrons. The molecule has 6 heteroatoms. The molecule has 0 aromatic carbocycles. The van der Waals surface area contributed by atoms with Crippen LogP contribution in [0.1, 0.15) is 16.2 Å². The van der Waals surface area contributed by atoms with E-state index in [1.165, 1.54) is 12.0 Å². The first-order valence-corrected chi connectivity index (χ1v) is 4.99. The second-order valence-corrected chi connectivity index (χ2v) is 3.73. The van der Waals surface area contributed by atoms with Crippen molar-refractivity contribution in [3.05, 3.63) is 17.5 Å². The Morgan fingerprint density at radius 1 is 1.75 bits per heavy atom. The number of carbonyl (C=O) groups is 1. The Labute approximate surface area is 94.2 Å². The number of hydrogen-bond donors (Lipinski definition) is 2. The van der Waals surface area contributed by atoms with E-state index < -0.39 is 6.10 Å². The summed E-state index contributed by atoms with van der Waals surface area (Å²) in [6, 6.07) is 1.67. The molecule has 0 saturated heterocycles. The number of hydrogen-bond acceptors (Lipinski definition) is 4. The van der Waals surface area contributed by atoms with Crippen molar-refractivity contribution in [1.29, 1.82) is 0 Å². The van der Waals surface area contributed by atoms with Crippen LogP contribution in [0.3, 0.4) is 0 Å². The number of amides is 1. The largest absolute Gasteiger partial charge is 0.389 e. The number of ether oxygens (including phenoxy) is 1. The van der Waals surface area contributed by atoms with Gasteiger partial charge in [0, 0.05) is 26.4 Å². The highest BCUT2D eigenvalue weighted by molar-refractivity contribution is 5.92. The molecular weight excluding hydrogens is 210 g/mol. The molecule has 90 valence electrons. The summed E-state index contributed by atoms with van der Waals surface area (Å²) in [5.74, 6) is -0.223. The van der Waals surface area contributed by atoms with Gasteiger partial charge < -0.3 is 14.7 Å². The number of aliphatic hydroxyl groups is 1. The number of H-pyrrole nitrogens is 1. The van der Waals surface area contributed by atoms with Gasteiger partial charge in [0.15, 0.2) is 0 Å². The maximum absolute atomic E-state index is 11.8. The SMILES string of the molecule is COCC(O)CN(C)C(=O)c1cc(C)[nH]n1. The molecular formula is C10H17N3O3. The minimum Gasteiger partial charge on any atom is -0.389 e. The van der Waals surface area contributed by atoms with Gasteiger partial charge in [-0.1, -0.05) is 0 Å². The molecule has 2 N–H and O–H groups in total. The van der Waals surface area contributed by atoms with Gasteiger partial charge in [-0.05, 0) is 13.0 Å². The van der Waals surface area contributed by atoms with Crippen LogP contribution in [0.2, 0.25) is 0 Å². The van der Waals surface area contributed by atoms with Gasteiger partial charge in [-0.3, -0.25) is 9.89 Å². The fraction of sp³-hybridized carbons (Fsp3) is 0.600. The van der Waals surface area contributed by atoms with Crippen molar-refractivity contribution >= 4 is 5.91 Å². The number of methoxy groups -OCH3 is 1. The highest BCUT2D eigenvalue weighted by Gasteiger charge is 2.17. The van der Waals surface area contributed by atoms with Crippen molar-refractivity contribution in [1.82, 2.24) is 15.1 Å². The number of carbonyl (C=O) groups excluding carboxylic acids is 1. The quantitative estimate of drug-likeness (QED) is 0.730. The van der Waals surface area contributed by atoms with Crippen molar-refractivity contribution < 1.29 is 14.6 Å². The lowest BCUT2D eigenvalue weighted by atomic mass is 10.3. The number of aromatic nitrogens is 2. The summed E-state index contributed by atoms with van der Waals surface area (Å²) in [6.07, 6.45) is -0.681. The monoisotopic (exact) mass is 227 g/mol. The molecule has 1 aromatic heterocycles.